The minimum Gasteiger partial charge on any atom is -0.480 e. The highest BCUT2D eigenvalue weighted by Gasteiger charge is 2.33. The highest BCUT2D eigenvalue weighted by atomic mass is 32.2. The number of hydrogen-bond acceptors (Lipinski definition) is 4. The Morgan fingerprint density at radius 1 is 1.58 bits per heavy atom. The van der Waals surface area contributed by atoms with E-state index in [-0.39, 0.29) is 0 Å². The Labute approximate surface area is 110 Å². The Bertz CT molecular complexity index is 562. The molecule has 0 aliphatic carbocycles. The first kappa shape index (κ1) is 15.5. The van der Waals surface area contributed by atoms with Crippen molar-refractivity contribution >= 4 is 16.0 Å². The van der Waals surface area contributed by atoms with E-state index >= 15 is 0 Å². The second-order valence-electron chi connectivity index (χ2n) is 3.99. The first-order chi connectivity index (χ1) is 8.80. The van der Waals surface area contributed by atoms with E-state index < -0.39 is 39.4 Å². The number of carboxylic acid groups (broad SMARTS) is 1. The molecular formula is C11H15FN2O4S. The second-order valence-corrected chi connectivity index (χ2v) is 5.80. The first-order valence-electron chi connectivity index (χ1n) is 5.64. The van der Waals surface area contributed by atoms with Gasteiger partial charge in [-0.05, 0) is 25.5 Å². The minimum absolute atomic E-state index is 0.404. The molecule has 1 heterocycles. The number of nitrogens with zero attached hydrogens (tertiary/aromatic N) is 2. The number of carbonyl (C=O) groups is 1. The zero-order valence-electron chi connectivity index (χ0n) is 10.6. The quantitative estimate of drug-likeness (QED) is 0.847. The third-order valence-corrected chi connectivity index (χ3v) is 4.55. The first-order valence-corrected chi connectivity index (χ1v) is 7.08. The standard InChI is InChI=1S/C11H15FN2O4S/c1-3-8(2)14(7-10(15)16)19(17,18)11-9(12)5-4-6-13-11/h4-6,8H,3,7H2,1-2H3,(H,15,16). The van der Waals surface area contributed by atoms with Crippen molar-refractivity contribution in [2.75, 3.05) is 6.54 Å². The summed E-state index contributed by atoms with van der Waals surface area (Å²) in [5, 5.41) is 8.03. The van der Waals surface area contributed by atoms with Gasteiger partial charge in [0, 0.05) is 12.2 Å². The highest BCUT2D eigenvalue weighted by molar-refractivity contribution is 7.89. The molecule has 0 saturated heterocycles. The van der Waals surface area contributed by atoms with Gasteiger partial charge in [0.1, 0.15) is 6.54 Å². The summed E-state index contributed by atoms with van der Waals surface area (Å²) < 4.78 is 38.8. The number of aliphatic carboxylic acids is 1. The molecule has 0 aliphatic heterocycles. The van der Waals surface area contributed by atoms with Gasteiger partial charge in [0.15, 0.2) is 5.82 Å². The van der Waals surface area contributed by atoms with Crippen LogP contribution >= 0.6 is 0 Å². The van der Waals surface area contributed by atoms with Crippen molar-refractivity contribution in [3.8, 4) is 0 Å². The fourth-order valence-electron chi connectivity index (χ4n) is 1.49. The highest BCUT2D eigenvalue weighted by Crippen LogP contribution is 2.19. The van der Waals surface area contributed by atoms with E-state index in [0.717, 1.165) is 16.6 Å². The van der Waals surface area contributed by atoms with Crippen LogP contribution in [0.1, 0.15) is 20.3 Å². The number of pyridine rings is 1. The van der Waals surface area contributed by atoms with Crippen LogP contribution in [0.25, 0.3) is 0 Å². The number of rotatable bonds is 6. The van der Waals surface area contributed by atoms with Crippen molar-refractivity contribution in [1.29, 1.82) is 0 Å². The Kier molecular flexibility index (Phi) is 4.96. The van der Waals surface area contributed by atoms with E-state index in [1.807, 2.05) is 0 Å². The lowest BCUT2D eigenvalue weighted by molar-refractivity contribution is -0.137. The molecule has 1 rings (SSSR count). The van der Waals surface area contributed by atoms with E-state index in [0.29, 0.717) is 6.42 Å². The van der Waals surface area contributed by atoms with Crippen LogP contribution in [0.3, 0.4) is 0 Å². The number of carboxylic acids is 1. The minimum atomic E-state index is -4.27. The summed E-state index contributed by atoms with van der Waals surface area (Å²) in [6, 6.07) is 1.66. The van der Waals surface area contributed by atoms with Crippen LogP contribution in [0.15, 0.2) is 23.4 Å². The van der Waals surface area contributed by atoms with E-state index in [9.17, 15) is 17.6 Å². The molecule has 1 atom stereocenters. The molecule has 0 fully saturated rings. The number of halogens is 1. The summed E-state index contributed by atoms with van der Waals surface area (Å²) in [6.07, 6.45) is 1.55. The molecular weight excluding hydrogens is 275 g/mol. The maximum Gasteiger partial charge on any atom is 0.318 e. The number of aromatic nitrogens is 1. The lowest BCUT2D eigenvalue weighted by atomic mass is 10.2. The monoisotopic (exact) mass is 290 g/mol. The zero-order chi connectivity index (χ0) is 14.6. The molecule has 0 saturated carbocycles. The van der Waals surface area contributed by atoms with Gasteiger partial charge in [0.2, 0.25) is 5.03 Å². The van der Waals surface area contributed by atoms with E-state index in [1.54, 1.807) is 13.8 Å². The van der Waals surface area contributed by atoms with Crippen molar-refractivity contribution in [2.24, 2.45) is 0 Å². The third-order valence-electron chi connectivity index (χ3n) is 2.65. The summed E-state index contributed by atoms with van der Waals surface area (Å²) in [5.74, 6) is -2.30. The predicted octanol–water partition coefficient (Wildman–Crippen LogP) is 1.09. The molecule has 0 amide bonds. The van der Waals surface area contributed by atoms with Gasteiger partial charge in [-0.1, -0.05) is 6.92 Å². The molecule has 0 aliphatic rings. The fourth-order valence-corrected chi connectivity index (χ4v) is 3.12. The predicted molar refractivity (Wildman–Crippen MR) is 65.5 cm³/mol. The normalized spacial score (nSPS) is 13.5. The van der Waals surface area contributed by atoms with Gasteiger partial charge >= 0.3 is 5.97 Å². The van der Waals surface area contributed by atoms with Crippen LogP contribution < -0.4 is 0 Å². The summed E-state index contributed by atoms with van der Waals surface area (Å²) in [6.45, 7) is 2.54. The van der Waals surface area contributed by atoms with Crippen LogP contribution in [-0.4, -0.2) is 41.4 Å². The van der Waals surface area contributed by atoms with E-state index in [1.165, 1.54) is 6.07 Å². The average molecular weight is 290 g/mol. The lowest BCUT2D eigenvalue weighted by Gasteiger charge is -2.25. The van der Waals surface area contributed by atoms with Crippen LogP contribution in [0.2, 0.25) is 0 Å². The Morgan fingerprint density at radius 3 is 2.68 bits per heavy atom. The lowest BCUT2D eigenvalue weighted by Crippen LogP contribution is -2.42. The molecule has 1 unspecified atom stereocenters. The zero-order valence-corrected chi connectivity index (χ0v) is 11.4. The summed E-state index contributed by atoms with van der Waals surface area (Å²) >= 11 is 0. The molecule has 0 spiro atoms. The molecule has 0 bridgehead atoms. The third kappa shape index (κ3) is 3.48. The van der Waals surface area contributed by atoms with Gasteiger partial charge < -0.3 is 5.11 Å². The van der Waals surface area contributed by atoms with Gasteiger partial charge in [-0.15, -0.1) is 0 Å². The van der Waals surface area contributed by atoms with Crippen molar-refractivity contribution in [3.05, 3.63) is 24.1 Å². The molecule has 1 N–H and O–H groups in total. The summed E-state index contributed by atoms with van der Waals surface area (Å²) in [5.41, 5.74) is 0. The van der Waals surface area contributed by atoms with Gasteiger partial charge in [-0.25, -0.2) is 17.8 Å². The topological polar surface area (TPSA) is 87.6 Å². The van der Waals surface area contributed by atoms with Crippen LogP contribution in [0.5, 0.6) is 0 Å². The Balaban J connectivity index is 3.27. The summed E-state index contributed by atoms with van der Waals surface area (Å²) in [4.78, 5) is 14.3. The van der Waals surface area contributed by atoms with Gasteiger partial charge in [-0.2, -0.15) is 4.31 Å². The second kappa shape index (κ2) is 6.07. The maximum absolute atomic E-state index is 13.5. The fraction of sp³-hybridized carbons (Fsp3) is 0.455. The molecule has 6 nitrogen and oxygen atoms in total. The maximum atomic E-state index is 13.5. The average Bonchev–Trinajstić information content (AvgIpc) is 2.35. The van der Waals surface area contributed by atoms with Gasteiger partial charge in [0.25, 0.3) is 10.0 Å². The molecule has 1 aromatic heterocycles. The van der Waals surface area contributed by atoms with Crippen molar-refractivity contribution in [2.45, 2.75) is 31.3 Å². The van der Waals surface area contributed by atoms with E-state index in [2.05, 4.69) is 4.98 Å². The van der Waals surface area contributed by atoms with Crippen molar-refractivity contribution < 1.29 is 22.7 Å². The number of sulfonamides is 1. The number of hydrogen-bond donors (Lipinski definition) is 1. The van der Waals surface area contributed by atoms with Crippen LogP contribution in [0.4, 0.5) is 4.39 Å². The Hall–Kier alpha value is -1.54. The molecule has 0 radical (unpaired) electrons. The van der Waals surface area contributed by atoms with Crippen LogP contribution in [-0.2, 0) is 14.8 Å². The SMILES string of the molecule is CCC(C)N(CC(=O)O)S(=O)(=O)c1ncccc1F. The van der Waals surface area contributed by atoms with Crippen molar-refractivity contribution in [1.82, 2.24) is 9.29 Å². The summed E-state index contributed by atoms with van der Waals surface area (Å²) in [7, 11) is -4.27. The van der Waals surface area contributed by atoms with E-state index in [4.69, 9.17) is 5.11 Å². The largest absolute Gasteiger partial charge is 0.480 e. The smallest absolute Gasteiger partial charge is 0.318 e. The van der Waals surface area contributed by atoms with Crippen molar-refractivity contribution in [3.63, 3.8) is 0 Å². The molecule has 106 valence electrons. The molecule has 19 heavy (non-hydrogen) atoms. The molecule has 0 aromatic carbocycles. The molecule has 8 heteroatoms. The Morgan fingerprint density at radius 2 is 2.21 bits per heavy atom. The van der Waals surface area contributed by atoms with Crippen LogP contribution in [0, 0.1) is 5.82 Å². The van der Waals surface area contributed by atoms with Gasteiger partial charge in [-0.3, -0.25) is 4.79 Å². The van der Waals surface area contributed by atoms with Gasteiger partial charge in [0.05, 0.1) is 0 Å². The molecule has 1 aromatic rings.